The molecule has 17 heavy (non-hydrogen) atoms. The average Bonchev–Trinajstić information content (AvgIpc) is 2.45. The fourth-order valence-electron chi connectivity index (χ4n) is 2.07. The Morgan fingerprint density at radius 3 is 3.12 bits per heavy atom. The summed E-state index contributed by atoms with van der Waals surface area (Å²) in [5.74, 6) is 0.197. The van der Waals surface area contributed by atoms with Crippen molar-refractivity contribution in [2.75, 3.05) is 13.1 Å². The van der Waals surface area contributed by atoms with Crippen molar-refractivity contribution >= 4 is 21.8 Å². The van der Waals surface area contributed by atoms with Gasteiger partial charge in [-0.1, -0.05) is 28.1 Å². The minimum Gasteiger partial charge on any atom is -0.337 e. The first-order valence-electron chi connectivity index (χ1n) is 5.93. The van der Waals surface area contributed by atoms with Gasteiger partial charge in [-0.05, 0) is 37.6 Å². The van der Waals surface area contributed by atoms with Crippen LogP contribution in [0, 0.1) is 0 Å². The molecule has 0 spiro atoms. The number of carbonyl (C=O) groups is 1. The van der Waals surface area contributed by atoms with Crippen molar-refractivity contribution in [1.82, 2.24) is 10.2 Å². The molecule has 1 heterocycles. The van der Waals surface area contributed by atoms with E-state index in [4.69, 9.17) is 0 Å². The zero-order chi connectivity index (χ0) is 12.3. The van der Waals surface area contributed by atoms with Crippen LogP contribution in [0.4, 0.5) is 0 Å². The number of hydrogen-bond donors (Lipinski definition) is 1. The third-order valence-corrected chi connectivity index (χ3v) is 3.49. The highest BCUT2D eigenvalue weighted by Crippen LogP contribution is 2.15. The minimum atomic E-state index is -0.0651. The summed E-state index contributed by atoms with van der Waals surface area (Å²) < 4.78 is 1.06. The lowest BCUT2D eigenvalue weighted by Gasteiger charge is -2.22. The van der Waals surface area contributed by atoms with E-state index in [1.807, 2.05) is 24.0 Å². The highest BCUT2D eigenvalue weighted by molar-refractivity contribution is 9.10. The summed E-state index contributed by atoms with van der Waals surface area (Å²) >= 11 is 3.45. The molecule has 1 amide bonds. The molecule has 2 rings (SSSR count). The van der Waals surface area contributed by atoms with Crippen LogP contribution in [0.5, 0.6) is 0 Å². The Bertz CT molecular complexity index is 408. The number of carbonyl (C=O) groups excluding carboxylic acids is 1. The van der Waals surface area contributed by atoms with Gasteiger partial charge in [0.2, 0.25) is 5.91 Å². The molecule has 0 bridgehead atoms. The predicted octanol–water partition coefficient (Wildman–Crippen LogP) is 2.16. The third kappa shape index (κ3) is 3.30. The SMILES string of the molecule is CC1NCCCN(Cc2cccc(Br)c2)C1=O. The topological polar surface area (TPSA) is 32.3 Å². The van der Waals surface area contributed by atoms with E-state index in [9.17, 15) is 4.79 Å². The molecule has 0 saturated carbocycles. The number of halogens is 1. The summed E-state index contributed by atoms with van der Waals surface area (Å²) in [5.41, 5.74) is 1.17. The van der Waals surface area contributed by atoms with Crippen molar-refractivity contribution in [3.05, 3.63) is 34.3 Å². The second-order valence-corrected chi connectivity index (χ2v) is 5.33. The predicted molar refractivity (Wildman–Crippen MR) is 71.6 cm³/mol. The van der Waals surface area contributed by atoms with E-state index >= 15 is 0 Å². The second-order valence-electron chi connectivity index (χ2n) is 4.42. The molecule has 1 unspecified atom stereocenters. The van der Waals surface area contributed by atoms with Crippen LogP contribution >= 0.6 is 15.9 Å². The van der Waals surface area contributed by atoms with E-state index in [2.05, 4.69) is 33.4 Å². The van der Waals surface area contributed by atoms with Crippen LogP contribution in [0.15, 0.2) is 28.7 Å². The van der Waals surface area contributed by atoms with Crippen molar-refractivity contribution in [1.29, 1.82) is 0 Å². The van der Waals surface area contributed by atoms with Crippen molar-refractivity contribution < 1.29 is 4.79 Å². The molecule has 4 heteroatoms. The summed E-state index contributed by atoms with van der Waals surface area (Å²) in [5, 5.41) is 3.22. The summed E-state index contributed by atoms with van der Waals surface area (Å²) in [6.45, 7) is 4.39. The lowest BCUT2D eigenvalue weighted by molar-refractivity contribution is -0.132. The Labute approximate surface area is 110 Å². The fraction of sp³-hybridized carbons (Fsp3) is 0.462. The molecule has 1 fully saturated rings. The van der Waals surface area contributed by atoms with E-state index in [0.717, 1.165) is 24.0 Å². The molecule has 1 aliphatic heterocycles. The van der Waals surface area contributed by atoms with Gasteiger partial charge in [0.15, 0.2) is 0 Å². The van der Waals surface area contributed by atoms with E-state index in [1.165, 1.54) is 5.56 Å². The first-order chi connectivity index (χ1) is 8.16. The lowest BCUT2D eigenvalue weighted by Crippen LogP contribution is -2.41. The van der Waals surface area contributed by atoms with Crippen LogP contribution in [0.25, 0.3) is 0 Å². The minimum absolute atomic E-state index is 0.0651. The molecule has 1 aromatic carbocycles. The number of hydrogen-bond acceptors (Lipinski definition) is 2. The molecule has 1 aromatic rings. The number of rotatable bonds is 2. The van der Waals surface area contributed by atoms with Gasteiger partial charge in [-0.15, -0.1) is 0 Å². The molecular weight excluding hydrogens is 280 g/mol. The van der Waals surface area contributed by atoms with Gasteiger partial charge in [0.25, 0.3) is 0 Å². The molecule has 1 N–H and O–H groups in total. The normalized spacial score (nSPS) is 21.4. The molecule has 1 aliphatic rings. The first-order valence-corrected chi connectivity index (χ1v) is 6.73. The Kier molecular flexibility index (Phi) is 4.18. The summed E-state index contributed by atoms with van der Waals surface area (Å²) in [6, 6.07) is 8.06. The van der Waals surface area contributed by atoms with Crippen LogP contribution in [0.3, 0.4) is 0 Å². The number of amides is 1. The first kappa shape index (κ1) is 12.6. The van der Waals surface area contributed by atoms with E-state index in [0.29, 0.717) is 6.54 Å². The Hall–Kier alpha value is -0.870. The zero-order valence-electron chi connectivity index (χ0n) is 9.95. The van der Waals surface area contributed by atoms with Crippen LogP contribution in [0.2, 0.25) is 0 Å². The Morgan fingerprint density at radius 1 is 1.53 bits per heavy atom. The van der Waals surface area contributed by atoms with Crippen LogP contribution in [-0.4, -0.2) is 29.9 Å². The second kappa shape index (κ2) is 5.65. The largest absolute Gasteiger partial charge is 0.337 e. The maximum Gasteiger partial charge on any atom is 0.239 e. The van der Waals surface area contributed by atoms with Crippen LogP contribution < -0.4 is 5.32 Å². The Morgan fingerprint density at radius 2 is 2.35 bits per heavy atom. The Balaban J connectivity index is 2.08. The maximum atomic E-state index is 12.1. The van der Waals surface area contributed by atoms with Crippen molar-refractivity contribution in [2.45, 2.75) is 25.9 Å². The molecule has 1 atom stereocenters. The van der Waals surface area contributed by atoms with Crippen molar-refractivity contribution in [2.24, 2.45) is 0 Å². The smallest absolute Gasteiger partial charge is 0.239 e. The van der Waals surface area contributed by atoms with Crippen molar-refractivity contribution in [3.63, 3.8) is 0 Å². The average molecular weight is 297 g/mol. The molecular formula is C13H17BrN2O. The fourth-order valence-corrected chi connectivity index (χ4v) is 2.52. The third-order valence-electron chi connectivity index (χ3n) is 3.00. The summed E-state index contributed by atoms with van der Waals surface area (Å²) in [6.07, 6.45) is 1.02. The van der Waals surface area contributed by atoms with E-state index in [1.54, 1.807) is 0 Å². The summed E-state index contributed by atoms with van der Waals surface area (Å²) in [4.78, 5) is 14.0. The van der Waals surface area contributed by atoms with Gasteiger partial charge in [0.1, 0.15) is 0 Å². The quantitative estimate of drug-likeness (QED) is 0.907. The van der Waals surface area contributed by atoms with Gasteiger partial charge >= 0.3 is 0 Å². The maximum absolute atomic E-state index is 12.1. The van der Waals surface area contributed by atoms with Crippen LogP contribution in [-0.2, 0) is 11.3 Å². The van der Waals surface area contributed by atoms with Gasteiger partial charge in [0, 0.05) is 17.6 Å². The van der Waals surface area contributed by atoms with Gasteiger partial charge in [-0.2, -0.15) is 0 Å². The van der Waals surface area contributed by atoms with Gasteiger partial charge in [0.05, 0.1) is 6.04 Å². The highest BCUT2D eigenvalue weighted by atomic mass is 79.9. The molecule has 0 aliphatic carbocycles. The van der Waals surface area contributed by atoms with E-state index < -0.39 is 0 Å². The van der Waals surface area contributed by atoms with Gasteiger partial charge < -0.3 is 10.2 Å². The zero-order valence-corrected chi connectivity index (χ0v) is 11.5. The molecule has 3 nitrogen and oxygen atoms in total. The molecule has 0 aromatic heterocycles. The number of nitrogens with zero attached hydrogens (tertiary/aromatic N) is 1. The monoisotopic (exact) mass is 296 g/mol. The van der Waals surface area contributed by atoms with Gasteiger partial charge in [-0.25, -0.2) is 0 Å². The highest BCUT2D eigenvalue weighted by Gasteiger charge is 2.22. The van der Waals surface area contributed by atoms with Crippen LogP contribution in [0.1, 0.15) is 18.9 Å². The summed E-state index contributed by atoms with van der Waals surface area (Å²) in [7, 11) is 0. The molecule has 0 radical (unpaired) electrons. The van der Waals surface area contributed by atoms with E-state index in [-0.39, 0.29) is 11.9 Å². The molecule has 92 valence electrons. The number of nitrogens with one attached hydrogen (secondary N) is 1. The lowest BCUT2D eigenvalue weighted by atomic mass is 10.2. The van der Waals surface area contributed by atoms with Gasteiger partial charge in [-0.3, -0.25) is 4.79 Å². The standard InChI is InChI=1S/C13H17BrN2O/c1-10-13(17)16(7-3-6-15-10)9-11-4-2-5-12(14)8-11/h2,4-5,8,10,15H,3,6-7,9H2,1H3. The number of benzene rings is 1. The van der Waals surface area contributed by atoms with Crippen molar-refractivity contribution in [3.8, 4) is 0 Å². The molecule has 1 saturated heterocycles.